The summed E-state index contributed by atoms with van der Waals surface area (Å²) >= 11 is 1.02. The molecule has 0 spiro atoms. The van der Waals surface area contributed by atoms with E-state index in [0.717, 1.165) is 11.8 Å². The summed E-state index contributed by atoms with van der Waals surface area (Å²) in [5.74, 6) is 0.142. The molecular weight excluding hydrogens is 560 g/mol. The Hall–Kier alpha value is -3.73. The molecule has 1 fully saturated rings. The predicted molar refractivity (Wildman–Crippen MR) is 134 cm³/mol. The van der Waals surface area contributed by atoms with Gasteiger partial charge in [-0.1, -0.05) is 0 Å². The molecule has 1 aliphatic rings. The zero-order chi connectivity index (χ0) is 29.1. The van der Waals surface area contributed by atoms with E-state index in [4.69, 9.17) is 52.9 Å². The number of ether oxygens (including phenoxy) is 7. The summed E-state index contributed by atoms with van der Waals surface area (Å²) in [5.41, 5.74) is -0.749. The first kappa shape index (κ1) is 30.8. The SMILES string of the molecule is Cc1cc(=O)oc2cc(O[C@@H]3SC[C@@H](OC(=O)OCCO)[C@H](OC(=O)OCCO)[C@H]3OC(=O)OCCO)ccc12. The number of rotatable bonds is 11. The van der Waals surface area contributed by atoms with Crippen LogP contribution < -0.4 is 10.4 Å². The monoisotopic (exact) mass is 588 g/mol. The predicted octanol–water partition coefficient (Wildman–Crippen LogP) is 1.10. The van der Waals surface area contributed by atoms with Gasteiger partial charge in [0.2, 0.25) is 0 Å². The zero-order valence-electron chi connectivity index (χ0n) is 21.2. The molecule has 0 amide bonds. The molecule has 16 heteroatoms. The van der Waals surface area contributed by atoms with E-state index in [1.807, 2.05) is 0 Å². The van der Waals surface area contributed by atoms with E-state index >= 15 is 0 Å². The number of thioether (sulfide) groups is 1. The molecule has 1 aliphatic heterocycles. The lowest BCUT2D eigenvalue weighted by molar-refractivity contribution is -0.122. The van der Waals surface area contributed by atoms with E-state index < -0.39 is 80.9 Å². The van der Waals surface area contributed by atoms with Crippen molar-refractivity contribution in [1.82, 2.24) is 0 Å². The fourth-order valence-corrected chi connectivity index (χ4v) is 4.78. The van der Waals surface area contributed by atoms with Gasteiger partial charge in [0.1, 0.15) is 31.2 Å². The van der Waals surface area contributed by atoms with Crippen LogP contribution in [0.5, 0.6) is 5.75 Å². The van der Waals surface area contributed by atoms with Crippen LogP contribution in [-0.2, 0) is 28.4 Å². The molecular formula is C24H28O15S. The minimum atomic E-state index is -1.53. The highest BCUT2D eigenvalue weighted by Gasteiger charge is 2.49. The smallest absolute Gasteiger partial charge is 0.476 e. The number of aryl methyl sites for hydroxylation is 1. The van der Waals surface area contributed by atoms with E-state index in [2.05, 4.69) is 0 Å². The minimum absolute atomic E-state index is 0.0514. The normalized spacial score (nSPS) is 20.3. The molecule has 220 valence electrons. The molecule has 40 heavy (non-hydrogen) atoms. The lowest BCUT2D eigenvalue weighted by Gasteiger charge is -2.39. The van der Waals surface area contributed by atoms with Crippen molar-refractivity contribution in [3.63, 3.8) is 0 Å². The van der Waals surface area contributed by atoms with Crippen molar-refractivity contribution in [2.75, 3.05) is 45.4 Å². The number of carbonyl (C=O) groups excluding carboxylic acids is 3. The second-order valence-corrected chi connectivity index (χ2v) is 9.14. The highest BCUT2D eigenvalue weighted by atomic mass is 32.2. The van der Waals surface area contributed by atoms with Crippen LogP contribution in [0.2, 0.25) is 0 Å². The Labute approximate surface area is 230 Å². The summed E-state index contributed by atoms with van der Waals surface area (Å²) < 4.78 is 41.4. The number of carbonyl (C=O) groups is 3. The Morgan fingerprint density at radius 3 is 2.05 bits per heavy atom. The zero-order valence-corrected chi connectivity index (χ0v) is 22.0. The molecule has 1 aromatic heterocycles. The maximum Gasteiger partial charge on any atom is 0.508 e. The second-order valence-electron chi connectivity index (χ2n) is 8.01. The average Bonchev–Trinajstić information content (AvgIpc) is 2.92. The third-order valence-corrected chi connectivity index (χ3v) is 6.42. The Balaban J connectivity index is 1.92. The van der Waals surface area contributed by atoms with Crippen LogP contribution in [0.15, 0.2) is 33.5 Å². The topological polar surface area (TPSA) is 207 Å². The lowest BCUT2D eigenvalue weighted by atomic mass is 10.1. The second kappa shape index (κ2) is 15.2. The van der Waals surface area contributed by atoms with Crippen molar-refractivity contribution in [3.8, 4) is 5.75 Å². The van der Waals surface area contributed by atoms with Crippen molar-refractivity contribution >= 4 is 41.2 Å². The van der Waals surface area contributed by atoms with Crippen molar-refractivity contribution in [2.45, 2.75) is 30.7 Å². The standard InChI is InChI=1S/C24H28O15S/c1-13-10-18(28)36-16-11-14(2-3-15(13)16)35-21-20(39-24(31)34-9-6-27)19(38-23(30)33-8-5-26)17(12-40-21)37-22(29)32-7-4-25/h2-3,10-11,17,19-21,25-27H,4-9,12H2,1H3/t17-,19+,20-,21-/m1/s1. The summed E-state index contributed by atoms with van der Waals surface area (Å²) in [7, 11) is 0. The van der Waals surface area contributed by atoms with Gasteiger partial charge in [-0.15, -0.1) is 11.8 Å². The largest absolute Gasteiger partial charge is 0.508 e. The maximum atomic E-state index is 12.4. The Bertz CT molecular complexity index is 1210. The van der Waals surface area contributed by atoms with Gasteiger partial charge in [-0.2, -0.15) is 0 Å². The summed E-state index contributed by atoms with van der Waals surface area (Å²) in [6, 6.07) is 6.03. The van der Waals surface area contributed by atoms with Crippen LogP contribution >= 0.6 is 11.8 Å². The maximum absolute atomic E-state index is 12.4. The number of hydrogen-bond donors (Lipinski definition) is 3. The Morgan fingerprint density at radius 1 is 0.875 bits per heavy atom. The number of benzene rings is 1. The molecule has 3 N–H and O–H groups in total. The van der Waals surface area contributed by atoms with Gasteiger partial charge < -0.3 is 52.9 Å². The average molecular weight is 589 g/mol. The van der Waals surface area contributed by atoms with E-state index in [-0.39, 0.29) is 23.7 Å². The van der Waals surface area contributed by atoms with Crippen LogP contribution in [0.3, 0.4) is 0 Å². The molecule has 2 aromatic rings. The van der Waals surface area contributed by atoms with Crippen LogP contribution in [0.1, 0.15) is 5.56 Å². The quantitative estimate of drug-likeness (QED) is 0.191. The molecule has 0 saturated carbocycles. The molecule has 15 nitrogen and oxygen atoms in total. The molecule has 4 atom stereocenters. The van der Waals surface area contributed by atoms with Gasteiger partial charge in [-0.25, -0.2) is 19.2 Å². The molecule has 1 saturated heterocycles. The van der Waals surface area contributed by atoms with Crippen molar-refractivity contribution in [1.29, 1.82) is 0 Å². The summed E-state index contributed by atoms with van der Waals surface area (Å²) in [4.78, 5) is 48.6. The highest BCUT2D eigenvalue weighted by Crippen LogP contribution is 2.35. The van der Waals surface area contributed by atoms with E-state index in [1.165, 1.54) is 12.1 Å². The molecule has 2 heterocycles. The third kappa shape index (κ3) is 8.64. The lowest BCUT2D eigenvalue weighted by Crippen LogP contribution is -2.56. The third-order valence-electron chi connectivity index (χ3n) is 5.20. The first-order valence-electron chi connectivity index (χ1n) is 11.9. The minimum Gasteiger partial charge on any atom is -0.476 e. The van der Waals surface area contributed by atoms with Crippen molar-refractivity contribution in [2.24, 2.45) is 0 Å². The first-order chi connectivity index (χ1) is 19.2. The van der Waals surface area contributed by atoms with E-state index in [9.17, 15) is 19.2 Å². The Kier molecular flexibility index (Phi) is 11.7. The van der Waals surface area contributed by atoms with Crippen molar-refractivity contribution < 1.29 is 67.3 Å². The number of aliphatic hydroxyl groups excluding tert-OH is 3. The van der Waals surface area contributed by atoms with Crippen molar-refractivity contribution in [3.05, 3.63) is 40.2 Å². The molecule has 0 unspecified atom stereocenters. The van der Waals surface area contributed by atoms with Gasteiger partial charge in [-0.05, 0) is 24.6 Å². The number of hydrogen-bond acceptors (Lipinski definition) is 16. The fraction of sp³-hybridized carbons (Fsp3) is 0.500. The van der Waals surface area contributed by atoms with Gasteiger partial charge in [0, 0.05) is 23.3 Å². The number of aliphatic hydroxyl groups is 3. The summed E-state index contributed by atoms with van der Waals surface area (Å²) in [6.45, 7) is -0.889. The molecule has 1 aromatic carbocycles. The number of fused-ring (bicyclic) bond motifs is 1. The van der Waals surface area contributed by atoms with Gasteiger partial charge in [-0.3, -0.25) is 0 Å². The fourth-order valence-electron chi connectivity index (χ4n) is 3.56. The Morgan fingerprint density at radius 2 is 1.45 bits per heavy atom. The van der Waals surface area contributed by atoms with Gasteiger partial charge in [0.25, 0.3) is 0 Å². The first-order valence-corrected chi connectivity index (χ1v) is 13.0. The highest BCUT2D eigenvalue weighted by molar-refractivity contribution is 7.99. The molecule has 0 radical (unpaired) electrons. The van der Waals surface area contributed by atoms with Gasteiger partial charge in [0.15, 0.2) is 23.7 Å². The van der Waals surface area contributed by atoms with E-state index in [0.29, 0.717) is 10.9 Å². The van der Waals surface area contributed by atoms with Gasteiger partial charge >= 0.3 is 24.1 Å². The van der Waals surface area contributed by atoms with Crippen LogP contribution in [-0.4, -0.2) is 103 Å². The summed E-state index contributed by atoms with van der Waals surface area (Å²) in [6.07, 6.45) is -8.00. The van der Waals surface area contributed by atoms with Crippen LogP contribution in [0.4, 0.5) is 14.4 Å². The molecule has 0 bridgehead atoms. The van der Waals surface area contributed by atoms with Crippen LogP contribution in [0, 0.1) is 6.92 Å². The summed E-state index contributed by atoms with van der Waals surface area (Å²) in [5, 5.41) is 27.5. The molecule has 0 aliphatic carbocycles. The van der Waals surface area contributed by atoms with E-state index in [1.54, 1.807) is 19.1 Å². The van der Waals surface area contributed by atoms with Crippen LogP contribution in [0.25, 0.3) is 11.0 Å². The molecule has 3 rings (SSSR count). The van der Waals surface area contributed by atoms with Gasteiger partial charge in [0.05, 0.1) is 19.8 Å².